The summed E-state index contributed by atoms with van der Waals surface area (Å²) in [6.07, 6.45) is 1.14. The van der Waals surface area contributed by atoms with Gasteiger partial charge in [0.2, 0.25) is 0 Å². The van der Waals surface area contributed by atoms with E-state index in [1.165, 1.54) is 16.7 Å². The zero-order chi connectivity index (χ0) is 13.4. The third kappa shape index (κ3) is 4.75. The Labute approximate surface area is 112 Å². The minimum atomic E-state index is 0.654. The van der Waals surface area contributed by atoms with E-state index in [4.69, 9.17) is 0 Å². The first-order valence-corrected chi connectivity index (χ1v) is 6.74. The Hall–Kier alpha value is -1.56. The number of hydrogen-bond donors (Lipinski definition) is 0. The van der Waals surface area contributed by atoms with Crippen molar-refractivity contribution in [3.63, 3.8) is 0 Å². The molecule has 0 heteroatoms. The third-order valence-corrected chi connectivity index (χ3v) is 3.06. The first-order valence-electron chi connectivity index (χ1n) is 6.74. The van der Waals surface area contributed by atoms with Crippen LogP contribution in [0.2, 0.25) is 0 Å². The fourth-order valence-electron chi connectivity index (χ4n) is 1.95. The van der Waals surface area contributed by atoms with Gasteiger partial charge < -0.3 is 0 Å². The Balaban J connectivity index is 0.000000184. The molecule has 18 heavy (non-hydrogen) atoms. The second-order valence-corrected chi connectivity index (χ2v) is 4.85. The maximum atomic E-state index is 2.22. The van der Waals surface area contributed by atoms with Crippen LogP contribution in [0, 0.1) is 6.92 Å². The highest BCUT2D eigenvalue weighted by Crippen LogP contribution is 2.17. The summed E-state index contributed by atoms with van der Waals surface area (Å²) in [4.78, 5) is 0. The van der Waals surface area contributed by atoms with Crippen LogP contribution in [0.25, 0.3) is 0 Å². The molecule has 0 saturated heterocycles. The Morgan fingerprint density at radius 2 is 1.39 bits per heavy atom. The first kappa shape index (κ1) is 14.5. The highest BCUT2D eigenvalue weighted by Gasteiger charge is 1.99. The van der Waals surface area contributed by atoms with E-state index in [-0.39, 0.29) is 0 Å². The van der Waals surface area contributed by atoms with Crippen LogP contribution in [0.5, 0.6) is 0 Å². The van der Waals surface area contributed by atoms with Crippen molar-refractivity contribution in [1.82, 2.24) is 0 Å². The van der Waals surface area contributed by atoms with Crippen molar-refractivity contribution in [2.24, 2.45) is 0 Å². The van der Waals surface area contributed by atoms with Crippen LogP contribution < -0.4 is 0 Å². The third-order valence-electron chi connectivity index (χ3n) is 3.06. The van der Waals surface area contributed by atoms with Crippen molar-refractivity contribution in [3.8, 4) is 0 Å². The smallest absolute Gasteiger partial charge is 0.0216 e. The van der Waals surface area contributed by atoms with E-state index in [2.05, 4.69) is 76.2 Å². The van der Waals surface area contributed by atoms with Gasteiger partial charge in [0.25, 0.3) is 0 Å². The highest BCUT2D eigenvalue weighted by atomic mass is 14.0. The number of aryl methyl sites for hydroxylation is 2. The van der Waals surface area contributed by atoms with Gasteiger partial charge in [-0.2, -0.15) is 0 Å². The molecule has 0 unspecified atom stereocenters. The topological polar surface area (TPSA) is 0 Å². The van der Waals surface area contributed by atoms with Crippen molar-refractivity contribution in [3.05, 3.63) is 71.3 Å². The van der Waals surface area contributed by atoms with Gasteiger partial charge in [0, 0.05) is 0 Å². The molecule has 0 saturated carbocycles. The van der Waals surface area contributed by atoms with Crippen LogP contribution in [-0.4, -0.2) is 0 Å². The molecule has 0 atom stereocenters. The van der Waals surface area contributed by atoms with Gasteiger partial charge in [-0.3, -0.25) is 0 Å². The van der Waals surface area contributed by atoms with E-state index >= 15 is 0 Å². The molecule has 0 aliphatic carbocycles. The number of hydrogen-bond acceptors (Lipinski definition) is 0. The number of benzene rings is 2. The maximum Gasteiger partial charge on any atom is -0.0216 e. The van der Waals surface area contributed by atoms with Crippen LogP contribution in [0.15, 0.2) is 54.6 Å². The molecule has 0 bridgehead atoms. The van der Waals surface area contributed by atoms with Gasteiger partial charge >= 0.3 is 0 Å². The van der Waals surface area contributed by atoms with Crippen molar-refractivity contribution in [2.75, 3.05) is 0 Å². The number of rotatable bonds is 2. The zero-order valence-electron chi connectivity index (χ0n) is 12.0. The van der Waals surface area contributed by atoms with Crippen molar-refractivity contribution in [1.29, 1.82) is 0 Å². The fourth-order valence-corrected chi connectivity index (χ4v) is 1.95. The van der Waals surface area contributed by atoms with Gasteiger partial charge in [-0.25, -0.2) is 0 Å². The molecule has 0 radical (unpaired) electrons. The lowest BCUT2D eigenvalue weighted by Crippen LogP contribution is -1.89. The summed E-state index contributed by atoms with van der Waals surface area (Å²) in [6.45, 7) is 8.77. The standard InChI is InChI=1S/C10H14.C8H10/c1-8(2)10-7-5-4-6-9(10)3;1-2-8-6-4-3-5-7-8/h4-8H,1-3H3;3-7H,2H2,1H3. The van der Waals surface area contributed by atoms with Crippen LogP contribution >= 0.6 is 0 Å². The molecule has 0 heterocycles. The second kappa shape index (κ2) is 7.71. The first-order chi connectivity index (χ1) is 8.65. The van der Waals surface area contributed by atoms with Crippen LogP contribution in [0.1, 0.15) is 43.4 Å². The van der Waals surface area contributed by atoms with E-state index in [0.717, 1.165) is 6.42 Å². The second-order valence-electron chi connectivity index (χ2n) is 4.85. The summed E-state index contributed by atoms with van der Waals surface area (Å²) in [5.41, 5.74) is 4.27. The van der Waals surface area contributed by atoms with Crippen molar-refractivity contribution < 1.29 is 0 Å². The summed E-state index contributed by atoms with van der Waals surface area (Å²) in [5, 5.41) is 0. The maximum absolute atomic E-state index is 2.22. The average molecular weight is 240 g/mol. The summed E-state index contributed by atoms with van der Waals surface area (Å²) < 4.78 is 0. The van der Waals surface area contributed by atoms with E-state index in [1.807, 2.05) is 6.07 Å². The Kier molecular flexibility index (Phi) is 6.21. The predicted molar refractivity (Wildman–Crippen MR) is 81.1 cm³/mol. The highest BCUT2D eigenvalue weighted by molar-refractivity contribution is 5.27. The summed E-state index contributed by atoms with van der Waals surface area (Å²) in [7, 11) is 0. The molecule has 0 amide bonds. The molecule has 0 aromatic heterocycles. The molecule has 2 aromatic carbocycles. The SMILES string of the molecule is CCc1ccccc1.Cc1ccccc1C(C)C. The molecular formula is C18H24. The molecule has 2 aromatic rings. The molecule has 0 spiro atoms. The molecule has 0 fully saturated rings. The van der Waals surface area contributed by atoms with Gasteiger partial charge in [-0.05, 0) is 36.0 Å². The molecule has 96 valence electrons. The van der Waals surface area contributed by atoms with Crippen molar-refractivity contribution >= 4 is 0 Å². The largest absolute Gasteiger partial charge is 0.0622 e. The average Bonchev–Trinajstić information content (AvgIpc) is 2.40. The zero-order valence-corrected chi connectivity index (χ0v) is 12.0. The van der Waals surface area contributed by atoms with Gasteiger partial charge in [-0.1, -0.05) is 75.4 Å². The van der Waals surface area contributed by atoms with Crippen LogP contribution in [0.3, 0.4) is 0 Å². The van der Waals surface area contributed by atoms with E-state index < -0.39 is 0 Å². The Bertz CT molecular complexity index is 441. The minimum Gasteiger partial charge on any atom is -0.0622 e. The van der Waals surface area contributed by atoms with Gasteiger partial charge in [0.15, 0.2) is 0 Å². The minimum absolute atomic E-state index is 0.654. The summed E-state index contributed by atoms with van der Waals surface area (Å²) in [6, 6.07) is 19.0. The van der Waals surface area contributed by atoms with Gasteiger partial charge in [-0.15, -0.1) is 0 Å². The predicted octanol–water partition coefficient (Wildman–Crippen LogP) is 5.37. The van der Waals surface area contributed by atoms with E-state index in [1.54, 1.807) is 0 Å². The van der Waals surface area contributed by atoms with Gasteiger partial charge in [0.05, 0.1) is 0 Å². The fraction of sp³-hybridized carbons (Fsp3) is 0.333. The molecule has 0 aliphatic rings. The van der Waals surface area contributed by atoms with E-state index in [0.29, 0.717) is 5.92 Å². The Morgan fingerprint density at radius 1 is 0.833 bits per heavy atom. The van der Waals surface area contributed by atoms with Crippen molar-refractivity contribution in [2.45, 2.75) is 40.0 Å². The monoisotopic (exact) mass is 240 g/mol. The summed E-state index contributed by atoms with van der Waals surface area (Å²) in [5.74, 6) is 0.654. The lowest BCUT2D eigenvalue weighted by Gasteiger charge is -2.07. The van der Waals surface area contributed by atoms with E-state index in [9.17, 15) is 0 Å². The lowest BCUT2D eigenvalue weighted by molar-refractivity contribution is 0.856. The van der Waals surface area contributed by atoms with Crippen LogP contribution in [-0.2, 0) is 6.42 Å². The van der Waals surface area contributed by atoms with Crippen LogP contribution in [0.4, 0.5) is 0 Å². The molecular weight excluding hydrogens is 216 g/mol. The Morgan fingerprint density at radius 3 is 1.78 bits per heavy atom. The molecule has 2 rings (SSSR count). The molecule has 0 N–H and O–H groups in total. The molecule has 0 aliphatic heterocycles. The molecule has 0 nitrogen and oxygen atoms in total. The quantitative estimate of drug-likeness (QED) is 0.662. The normalized spacial score (nSPS) is 9.83. The lowest BCUT2D eigenvalue weighted by atomic mass is 9.99. The van der Waals surface area contributed by atoms with Gasteiger partial charge in [0.1, 0.15) is 0 Å². The summed E-state index contributed by atoms with van der Waals surface area (Å²) >= 11 is 0.